The van der Waals surface area contributed by atoms with Crippen molar-refractivity contribution in [3.63, 3.8) is 0 Å². The molecule has 1 aromatic carbocycles. The van der Waals surface area contributed by atoms with Crippen LogP contribution < -0.4 is 4.72 Å². The summed E-state index contributed by atoms with van der Waals surface area (Å²) >= 11 is 0. The highest BCUT2D eigenvalue weighted by Crippen LogP contribution is 2.11. The van der Waals surface area contributed by atoms with Crippen LogP contribution in [0, 0.1) is 0 Å². The summed E-state index contributed by atoms with van der Waals surface area (Å²) in [5, 5.41) is 8.52. The first-order valence-electron chi connectivity index (χ1n) is 6.54. The van der Waals surface area contributed by atoms with Gasteiger partial charge in [-0.2, -0.15) is 0 Å². The molecule has 0 radical (unpaired) electrons. The quantitative estimate of drug-likeness (QED) is 0.700. The van der Waals surface area contributed by atoms with Gasteiger partial charge in [-0.25, -0.2) is 17.9 Å². The van der Waals surface area contributed by atoms with Crippen LogP contribution in [0.1, 0.15) is 12.5 Å². The smallest absolute Gasteiger partial charge is 0.328 e. The highest BCUT2D eigenvalue weighted by Gasteiger charge is 2.12. The number of sulfonamides is 1. The number of rotatable bonds is 8. The van der Waals surface area contributed by atoms with Crippen LogP contribution in [0.4, 0.5) is 0 Å². The lowest BCUT2D eigenvalue weighted by Gasteiger charge is -2.14. The van der Waals surface area contributed by atoms with E-state index in [0.29, 0.717) is 18.7 Å². The predicted molar refractivity (Wildman–Crippen MR) is 81.5 cm³/mol. The van der Waals surface area contributed by atoms with E-state index in [1.807, 2.05) is 18.9 Å². The molecule has 0 fully saturated rings. The minimum Gasteiger partial charge on any atom is -0.478 e. The number of nitrogens with zero attached hydrogens (tertiary/aromatic N) is 1. The van der Waals surface area contributed by atoms with Gasteiger partial charge in [0.2, 0.25) is 10.0 Å². The summed E-state index contributed by atoms with van der Waals surface area (Å²) < 4.78 is 26.6. The molecule has 2 N–H and O–H groups in total. The maximum absolute atomic E-state index is 12.0. The molecule has 0 aliphatic carbocycles. The number of carbonyl (C=O) groups is 1. The van der Waals surface area contributed by atoms with Gasteiger partial charge in [-0.15, -0.1) is 0 Å². The van der Waals surface area contributed by atoms with Crippen molar-refractivity contribution >= 4 is 22.1 Å². The molecule has 0 saturated carbocycles. The van der Waals surface area contributed by atoms with Crippen LogP contribution in [-0.2, 0) is 14.8 Å². The Hall–Kier alpha value is -1.70. The Balaban J connectivity index is 2.69. The van der Waals surface area contributed by atoms with E-state index in [0.717, 1.165) is 12.6 Å². The molecule has 0 bridgehead atoms. The number of hydrogen-bond donors (Lipinski definition) is 2. The Bertz CT molecular complexity index is 594. The van der Waals surface area contributed by atoms with Crippen molar-refractivity contribution in [1.29, 1.82) is 0 Å². The maximum atomic E-state index is 12.0. The molecule has 0 amide bonds. The molecule has 7 heteroatoms. The second kappa shape index (κ2) is 7.92. The molecule has 1 aromatic rings. The largest absolute Gasteiger partial charge is 0.478 e. The maximum Gasteiger partial charge on any atom is 0.328 e. The van der Waals surface area contributed by atoms with Gasteiger partial charge in [0.1, 0.15) is 0 Å². The Morgan fingerprint density at radius 1 is 1.33 bits per heavy atom. The van der Waals surface area contributed by atoms with Crippen molar-refractivity contribution < 1.29 is 18.3 Å². The molecule has 116 valence electrons. The van der Waals surface area contributed by atoms with Gasteiger partial charge in [-0.3, -0.25) is 0 Å². The molecular formula is C14H20N2O4S. The third-order valence-electron chi connectivity index (χ3n) is 2.93. The number of benzene rings is 1. The summed E-state index contributed by atoms with van der Waals surface area (Å²) in [4.78, 5) is 12.6. The first-order chi connectivity index (χ1) is 9.85. The molecular weight excluding hydrogens is 292 g/mol. The lowest BCUT2D eigenvalue weighted by atomic mass is 10.2. The van der Waals surface area contributed by atoms with Crippen LogP contribution in [0.2, 0.25) is 0 Å². The average Bonchev–Trinajstić information content (AvgIpc) is 2.45. The zero-order chi connectivity index (χ0) is 15.9. The fourth-order valence-electron chi connectivity index (χ4n) is 1.54. The number of likely N-dealkylation sites (N-methyl/N-ethyl adjacent to an activating group) is 1. The van der Waals surface area contributed by atoms with Crippen molar-refractivity contribution in [2.75, 3.05) is 26.7 Å². The first kappa shape index (κ1) is 17.4. The molecule has 0 aliphatic rings. The van der Waals surface area contributed by atoms with Crippen LogP contribution in [-0.4, -0.2) is 51.1 Å². The van der Waals surface area contributed by atoms with E-state index in [2.05, 4.69) is 4.72 Å². The summed E-state index contributed by atoms with van der Waals surface area (Å²) in [5.41, 5.74) is 0.627. The van der Waals surface area contributed by atoms with Crippen molar-refractivity contribution in [3.05, 3.63) is 35.9 Å². The topological polar surface area (TPSA) is 86.7 Å². The lowest BCUT2D eigenvalue weighted by molar-refractivity contribution is -0.131. The Morgan fingerprint density at radius 3 is 2.48 bits per heavy atom. The summed E-state index contributed by atoms with van der Waals surface area (Å²) in [5.74, 6) is -1.05. The monoisotopic (exact) mass is 312 g/mol. The average molecular weight is 312 g/mol. The number of carboxylic acid groups (broad SMARTS) is 1. The molecule has 0 heterocycles. The predicted octanol–water partition coefficient (Wildman–Crippen LogP) is 1.01. The Kier molecular flexibility index (Phi) is 6.54. The minimum atomic E-state index is -3.53. The molecule has 6 nitrogen and oxygen atoms in total. The van der Waals surface area contributed by atoms with Crippen molar-refractivity contribution in [2.45, 2.75) is 11.8 Å². The van der Waals surface area contributed by atoms with E-state index in [1.165, 1.54) is 18.2 Å². The SMILES string of the molecule is CCN(C)CCNS(=O)(=O)c1ccc(C=CC(=O)O)cc1. The molecule has 0 spiro atoms. The number of nitrogens with one attached hydrogen (secondary N) is 1. The van der Waals surface area contributed by atoms with Gasteiger partial charge in [-0.1, -0.05) is 19.1 Å². The second-order valence-electron chi connectivity index (χ2n) is 4.53. The van der Waals surface area contributed by atoms with Crippen molar-refractivity contribution in [1.82, 2.24) is 9.62 Å². The van der Waals surface area contributed by atoms with E-state index in [1.54, 1.807) is 12.1 Å². The van der Waals surface area contributed by atoms with Gasteiger partial charge in [0, 0.05) is 19.2 Å². The van der Waals surface area contributed by atoms with Crippen LogP contribution in [0.15, 0.2) is 35.2 Å². The molecule has 0 aromatic heterocycles. The van der Waals surface area contributed by atoms with Gasteiger partial charge < -0.3 is 10.0 Å². The molecule has 0 atom stereocenters. The van der Waals surface area contributed by atoms with E-state index in [4.69, 9.17) is 5.11 Å². The highest BCUT2D eigenvalue weighted by atomic mass is 32.2. The molecule has 21 heavy (non-hydrogen) atoms. The zero-order valence-electron chi connectivity index (χ0n) is 12.1. The second-order valence-corrected chi connectivity index (χ2v) is 6.30. The molecule has 0 saturated heterocycles. The van der Waals surface area contributed by atoms with Gasteiger partial charge in [0.15, 0.2) is 0 Å². The van der Waals surface area contributed by atoms with E-state index in [-0.39, 0.29) is 4.90 Å². The van der Waals surface area contributed by atoms with E-state index in [9.17, 15) is 13.2 Å². The van der Waals surface area contributed by atoms with E-state index < -0.39 is 16.0 Å². The van der Waals surface area contributed by atoms with Gasteiger partial charge in [0.05, 0.1) is 4.90 Å². The number of aliphatic carboxylic acids is 1. The summed E-state index contributed by atoms with van der Waals surface area (Å²) in [6, 6.07) is 6.03. The van der Waals surface area contributed by atoms with Crippen molar-refractivity contribution in [2.24, 2.45) is 0 Å². The fourth-order valence-corrected chi connectivity index (χ4v) is 2.56. The Morgan fingerprint density at radius 2 is 1.95 bits per heavy atom. The lowest BCUT2D eigenvalue weighted by Crippen LogP contribution is -2.32. The minimum absolute atomic E-state index is 0.161. The third-order valence-corrected chi connectivity index (χ3v) is 4.41. The summed E-state index contributed by atoms with van der Waals surface area (Å²) in [6.45, 7) is 3.83. The zero-order valence-corrected chi connectivity index (χ0v) is 12.9. The summed E-state index contributed by atoms with van der Waals surface area (Å²) in [7, 11) is -1.61. The van der Waals surface area contributed by atoms with Crippen LogP contribution >= 0.6 is 0 Å². The fraction of sp³-hybridized carbons (Fsp3) is 0.357. The number of hydrogen-bond acceptors (Lipinski definition) is 4. The van der Waals surface area contributed by atoms with Gasteiger partial charge in [-0.05, 0) is 37.4 Å². The van der Waals surface area contributed by atoms with Gasteiger partial charge in [0.25, 0.3) is 0 Å². The standard InChI is InChI=1S/C14H20N2O4S/c1-3-16(2)11-10-15-21(19,20)13-7-4-12(5-8-13)6-9-14(17)18/h4-9,15H,3,10-11H2,1-2H3,(H,17,18). The summed E-state index contributed by atoms with van der Waals surface area (Å²) in [6.07, 6.45) is 2.41. The molecule has 0 aliphatic heterocycles. The molecule has 0 unspecified atom stereocenters. The van der Waals surface area contributed by atoms with E-state index >= 15 is 0 Å². The molecule has 1 rings (SSSR count). The highest BCUT2D eigenvalue weighted by molar-refractivity contribution is 7.89. The number of carboxylic acids is 1. The van der Waals surface area contributed by atoms with Crippen molar-refractivity contribution in [3.8, 4) is 0 Å². The van der Waals surface area contributed by atoms with Gasteiger partial charge >= 0.3 is 5.97 Å². The van der Waals surface area contributed by atoms with Crippen LogP contribution in [0.3, 0.4) is 0 Å². The normalized spacial score (nSPS) is 12.1. The van der Waals surface area contributed by atoms with Crippen LogP contribution in [0.25, 0.3) is 6.08 Å². The van der Waals surface area contributed by atoms with Crippen LogP contribution in [0.5, 0.6) is 0 Å². The first-order valence-corrected chi connectivity index (χ1v) is 8.02. The third kappa shape index (κ3) is 6.07. The Labute approximate surface area is 125 Å².